The van der Waals surface area contributed by atoms with E-state index in [4.69, 9.17) is 22.1 Å². The SMILES string of the molecule is CCc1cccc(Oc2ncc(Cl)cc2N)c1. The lowest BCUT2D eigenvalue weighted by molar-refractivity contribution is 0.465. The second kappa shape index (κ2) is 5.06. The van der Waals surface area contributed by atoms with Crippen LogP contribution in [-0.2, 0) is 6.42 Å². The number of hydrogen-bond donors (Lipinski definition) is 1. The molecule has 0 saturated carbocycles. The van der Waals surface area contributed by atoms with Gasteiger partial charge in [0.15, 0.2) is 0 Å². The van der Waals surface area contributed by atoms with Crippen molar-refractivity contribution in [3.05, 3.63) is 47.1 Å². The molecule has 1 aromatic heterocycles. The van der Waals surface area contributed by atoms with Gasteiger partial charge in [-0.1, -0.05) is 30.7 Å². The fourth-order valence-electron chi connectivity index (χ4n) is 1.47. The van der Waals surface area contributed by atoms with Gasteiger partial charge in [-0.3, -0.25) is 0 Å². The molecule has 2 aromatic rings. The van der Waals surface area contributed by atoms with Gasteiger partial charge >= 0.3 is 0 Å². The van der Waals surface area contributed by atoms with Crippen LogP contribution in [0.25, 0.3) is 0 Å². The highest BCUT2D eigenvalue weighted by atomic mass is 35.5. The Balaban J connectivity index is 2.25. The minimum atomic E-state index is 0.377. The summed E-state index contributed by atoms with van der Waals surface area (Å²) in [5.41, 5.74) is 7.40. The average Bonchev–Trinajstić information content (AvgIpc) is 2.33. The van der Waals surface area contributed by atoms with E-state index in [1.165, 1.54) is 11.8 Å². The number of ether oxygens (including phenoxy) is 1. The number of aromatic nitrogens is 1. The minimum absolute atomic E-state index is 0.377. The topological polar surface area (TPSA) is 48.1 Å². The zero-order valence-electron chi connectivity index (χ0n) is 9.48. The smallest absolute Gasteiger partial charge is 0.242 e. The molecule has 0 bridgehead atoms. The van der Waals surface area contributed by atoms with Crippen LogP contribution in [-0.4, -0.2) is 4.98 Å². The van der Waals surface area contributed by atoms with Crippen LogP contribution in [0.4, 0.5) is 5.69 Å². The summed E-state index contributed by atoms with van der Waals surface area (Å²) in [5.74, 6) is 1.11. The molecule has 0 radical (unpaired) electrons. The molecule has 88 valence electrons. The Morgan fingerprint density at radius 2 is 2.18 bits per heavy atom. The molecule has 0 amide bonds. The quantitative estimate of drug-likeness (QED) is 0.902. The predicted octanol–water partition coefficient (Wildman–Crippen LogP) is 3.67. The second-order valence-corrected chi connectivity index (χ2v) is 4.09. The number of halogens is 1. The van der Waals surface area contributed by atoms with Crippen molar-refractivity contribution in [2.45, 2.75) is 13.3 Å². The third-order valence-corrected chi connectivity index (χ3v) is 2.57. The van der Waals surface area contributed by atoms with Crippen LogP contribution in [0.3, 0.4) is 0 Å². The van der Waals surface area contributed by atoms with E-state index in [-0.39, 0.29) is 0 Å². The lowest BCUT2D eigenvalue weighted by Gasteiger charge is -2.08. The maximum atomic E-state index is 5.77. The summed E-state index contributed by atoms with van der Waals surface area (Å²) >= 11 is 5.77. The first-order valence-corrected chi connectivity index (χ1v) is 5.74. The van der Waals surface area contributed by atoms with E-state index in [2.05, 4.69) is 11.9 Å². The van der Waals surface area contributed by atoms with Crippen molar-refractivity contribution in [3.8, 4) is 11.6 Å². The van der Waals surface area contributed by atoms with Crippen molar-refractivity contribution < 1.29 is 4.74 Å². The average molecular weight is 249 g/mol. The third-order valence-electron chi connectivity index (χ3n) is 2.37. The minimum Gasteiger partial charge on any atom is -0.437 e. The maximum absolute atomic E-state index is 5.77. The van der Waals surface area contributed by atoms with Crippen LogP contribution in [0.15, 0.2) is 36.5 Å². The van der Waals surface area contributed by atoms with Crippen molar-refractivity contribution in [2.24, 2.45) is 0 Å². The Kier molecular flexibility index (Phi) is 3.49. The molecule has 3 nitrogen and oxygen atoms in total. The van der Waals surface area contributed by atoms with Gasteiger partial charge < -0.3 is 10.5 Å². The monoisotopic (exact) mass is 248 g/mol. The van der Waals surface area contributed by atoms with Gasteiger partial charge in [0.2, 0.25) is 5.88 Å². The van der Waals surface area contributed by atoms with Gasteiger partial charge in [0.25, 0.3) is 0 Å². The molecule has 0 saturated heterocycles. The van der Waals surface area contributed by atoms with Gasteiger partial charge in [-0.25, -0.2) is 4.98 Å². The van der Waals surface area contributed by atoms with Crippen molar-refractivity contribution in [1.82, 2.24) is 4.98 Å². The lowest BCUT2D eigenvalue weighted by atomic mass is 10.2. The summed E-state index contributed by atoms with van der Waals surface area (Å²) in [6.45, 7) is 2.09. The number of aryl methyl sites for hydroxylation is 1. The summed E-state index contributed by atoms with van der Waals surface area (Å²) in [4.78, 5) is 4.05. The van der Waals surface area contributed by atoms with Crippen LogP contribution < -0.4 is 10.5 Å². The predicted molar refractivity (Wildman–Crippen MR) is 69.6 cm³/mol. The molecule has 0 aliphatic rings. The van der Waals surface area contributed by atoms with Crippen molar-refractivity contribution >= 4 is 17.3 Å². The van der Waals surface area contributed by atoms with E-state index in [1.54, 1.807) is 6.07 Å². The van der Waals surface area contributed by atoms with Gasteiger partial charge in [-0.2, -0.15) is 0 Å². The van der Waals surface area contributed by atoms with Gasteiger partial charge in [0, 0.05) is 6.20 Å². The highest BCUT2D eigenvalue weighted by Crippen LogP contribution is 2.27. The van der Waals surface area contributed by atoms with Crippen molar-refractivity contribution in [1.29, 1.82) is 0 Å². The number of nitrogens with two attached hydrogens (primary N) is 1. The molecule has 1 aromatic carbocycles. The second-order valence-electron chi connectivity index (χ2n) is 3.65. The highest BCUT2D eigenvalue weighted by Gasteiger charge is 2.04. The molecule has 0 aliphatic heterocycles. The van der Waals surface area contributed by atoms with Crippen LogP contribution in [0.1, 0.15) is 12.5 Å². The van der Waals surface area contributed by atoms with E-state index in [1.807, 2.05) is 24.3 Å². The Hall–Kier alpha value is -1.74. The fraction of sp³-hybridized carbons (Fsp3) is 0.154. The number of hydrogen-bond acceptors (Lipinski definition) is 3. The van der Waals surface area contributed by atoms with E-state index in [0.29, 0.717) is 16.6 Å². The lowest BCUT2D eigenvalue weighted by Crippen LogP contribution is -1.95. The zero-order chi connectivity index (χ0) is 12.3. The summed E-state index contributed by atoms with van der Waals surface area (Å²) in [5, 5.41) is 0.497. The van der Waals surface area contributed by atoms with Crippen LogP contribution in [0.5, 0.6) is 11.6 Å². The Bertz CT molecular complexity index is 529. The summed E-state index contributed by atoms with van der Waals surface area (Å²) in [7, 11) is 0. The number of rotatable bonds is 3. The van der Waals surface area contributed by atoms with Gasteiger partial charge in [0.1, 0.15) is 5.75 Å². The Morgan fingerprint density at radius 3 is 2.88 bits per heavy atom. The third kappa shape index (κ3) is 2.88. The molecular weight excluding hydrogens is 236 g/mol. The first-order chi connectivity index (χ1) is 8.19. The largest absolute Gasteiger partial charge is 0.437 e. The molecule has 0 spiro atoms. The van der Waals surface area contributed by atoms with E-state index >= 15 is 0 Å². The summed E-state index contributed by atoms with van der Waals surface area (Å²) < 4.78 is 5.61. The Morgan fingerprint density at radius 1 is 1.35 bits per heavy atom. The molecule has 0 atom stereocenters. The number of nitrogen functional groups attached to an aromatic ring is 1. The standard InChI is InChI=1S/C13H13ClN2O/c1-2-9-4-3-5-11(6-9)17-13-12(15)7-10(14)8-16-13/h3-8H,2,15H2,1H3. The molecule has 2 rings (SSSR count). The van der Waals surface area contributed by atoms with Crippen molar-refractivity contribution in [2.75, 3.05) is 5.73 Å². The normalized spacial score (nSPS) is 10.2. The molecule has 4 heteroatoms. The van der Waals surface area contributed by atoms with Gasteiger partial charge in [-0.05, 0) is 30.2 Å². The maximum Gasteiger partial charge on any atom is 0.242 e. The molecule has 2 N–H and O–H groups in total. The molecular formula is C13H13ClN2O. The first kappa shape index (κ1) is 11.7. The number of benzene rings is 1. The highest BCUT2D eigenvalue weighted by molar-refractivity contribution is 6.30. The molecule has 0 fully saturated rings. The van der Waals surface area contributed by atoms with E-state index in [9.17, 15) is 0 Å². The zero-order valence-corrected chi connectivity index (χ0v) is 10.2. The van der Waals surface area contributed by atoms with E-state index < -0.39 is 0 Å². The number of pyridine rings is 1. The van der Waals surface area contributed by atoms with E-state index in [0.717, 1.165) is 12.2 Å². The van der Waals surface area contributed by atoms with Crippen LogP contribution >= 0.6 is 11.6 Å². The van der Waals surface area contributed by atoms with Gasteiger partial charge in [-0.15, -0.1) is 0 Å². The number of nitrogens with zero attached hydrogens (tertiary/aromatic N) is 1. The fourth-order valence-corrected chi connectivity index (χ4v) is 1.63. The van der Waals surface area contributed by atoms with Crippen molar-refractivity contribution in [3.63, 3.8) is 0 Å². The molecule has 1 heterocycles. The number of anilines is 1. The first-order valence-electron chi connectivity index (χ1n) is 5.37. The van der Waals surface area contributed by atoms with Gasteiger partial charge in [0.05, 0.1) is 10.7 Å². The van der Waals surface area contributed by atoms with Crippen LogP contribution in [0.2, 0.25) is 5.02 Å². The Labute approximate surface area is 105 Å². The summed E-state index contributed by atoms with van der Waals surface area (Å²) in [6.07, 6.45) is 2.47. The molecule has 0 unspecified atom stereocenters. The molecule has 17 heavy (non-hydrogen) atoms. The molecule has 0 aliphatic carbocycles. The summed E-state index contributed by atoms with van der Waals surface area (Å²) in [6, 6.07) is 9.45. The van der Waals surface area contributed by atoms with Crippen LogP contribution in [0, 0.1) is 0 Å².